The van der Waals surface area contributed by atoms with Gasteiger partial charge in [0, 0.05) is 17.7 Å². The summed E-state index contributed by atoms with van der Waals surface area (Å²) in [5, 5.41) is 3.25. The maximum atomic E-state index is 12.2. The minimum atomic E-state index is -0.0883. The van der Waals surface area contributed by atoms with Crippen LogP contribution < -0.4 is 5.32 Å². The Morgan fingerprint density at radius 2 is 2.18 bits per heavy atom. The van der Waals surface area contributed by atoms with Crippen LogP contribution in [0.4, 0.5) is 0 Å². The van der Waals surface area contributed by atoms with Gasteiger partial charge in [0.1, 0.15) is 0 Å². The standard InChI is InChI=1S/C13H16N2O2/c16-12-10-5-1-2-6-11(10)13(17)15(12)9-4-3-7-14-8-9/h1,5,9,14H,2-4,6-8H2. The number of carbonyl (C=O) groups excluding carboxylic acids is 2. The van der Waals surface area contributed by atoms with Crippen molar-refractivity contribution in [3.05, 3.63) is 23.3 Å². The smallest absolute Gasteiger partial charge is 0.261 e. The molecule has 1 unspecified atom stereocenters. The molecule has 0 radical (unpaired) electrons. The molecule has 4 nitrogen and oxygen atoms in total. The maximum Gasteiger partial charge on any atom is 0.261 e. The molecule has 1 saturated heterocycles. The van der Waals surface area contributed by atoms with E-state index in [4.69, 9.17) is 0 Å². The molecule has 1 fully saturated rings. The van der Waals surface area contributed by atoms with E-state index in [1.165, 1.54) is 4.90 Å². The number of nitrogens with one attached hydrogen (secondary N) is 1. The first-order valence-electron chi connectivity index (χ1n) is 6.27. The molecule has 0 bridgehead atoms. The predicted molar refractivity (Wildman–Crippen MR) is 63.1 cm³/mol. The molecule has 0 saturated carbocycles. The summed E-state index contributed by atoms with van der Waals surface area (Å²) in [5.41, 5.74) is 1.36. The second kappa shape index (κ2) is 4.11. The van der Waals surface area contributed by atoms with Gasteiger partial charge in [0.2, 0.25) is 0 Å². The average molecular weight is 232 g/mol. The third kappa shape index (κ3) is 1.63. The molecule has 1 N–H and O–H groups in total. The Kier molecular flexibility index (Phi) is 2.59. The van der Waals surface area contributed by atoms with E-state index in [9.17, 15) is 9.59 Å². The molecule has 0 aromatic heterocycles. The van der Waals surface area contributed by atoms with Gasteiger partial charge in [-0.2, -0.15) is 0 Å². The van der Waals surface area contributed by atoms with Gasteiger partial charge in [0.15, 0.2) is 0 Å². The number of nitrogens with zero attached hydrogens (tertiary/aromatic N) is 1. The van der Waals surface area contributed by atoms with E-state index in [0.717, 1.165) is 37.9 Å². The molecule has 1 aliphatic carbocycles. The van der Waals surface area contributed by atoms with Gasteiger partial charge in [-0.1, -0.05) is 12.2 Å². The number of allylic oxidation sites excluding steroid dienone is 1. The van der Waals surface area contributed by atoms with Crippen LogP contribution in [0.3, 0.4) is 0 Å². The molecule has 3 rings (SSSR count). The third-order valence-electron chi connectivity index (χ3n) is 3.73. The highest BCUT2D eigenvalue weighted by molar-refractivity contribution is 6.21. The van der Waals surface area contributed by atoms with Crippen LogP contribution in [0.5, 0.6) is 0 Å². The van der Waals surface area contributed by atoms with Gasteiger partial charge >= 0.3 is 0 Å². The van der Waals surface area contributed by atoms with Crippen LogP contribution in [0, 0.1) is 0 Å². The highest BCUT2D eigenvalue weighted by atomic mass is 16.2. The highest BCUT2D eigenvalue weighted by Gasteiger charge is 2.41. The van der Waals surface area contributed by atoms with E-state index in [1.807, 2.05) is 12.2 Å². The summed E-state index contributed by atoms with van der Waals surface area (Å²) in [6.07, 6.45) is 7.33. The molecule has 0 spiro atoms. The summed E-state index contributed by atoms with van der Waals surface area (Å²) in [5.74, 6) is -0.141. The summed E-state index contributed by atoms with van der Waals surface area (Å²) in [4.78, 5) is 25.9. The Morgan fingerprint density at radius 3 is 2.88 bits per heavy atom. The van der Waals surface area contributed by atoms with E-state index in [2.05, 4.69) is 5.32 Å². The minimum absolute atomic E-state index is 0.0442. The van der Waals surface area contributed by atoms with Crippen molar-refractivity contribution < 1.29 is 9.59 Å². The fraction of sp³-hybridized carbons (Fsp3) is 0.538. The van der Waals surface area contributed by atoms with Gasteiger partial charge in [-0.3, -0.25) is 14.5 Å². The number of hydrogen-bond acceptors (Lipinski definition) is 3. The number of amides is 2. The van der Waals surface area contributed by atoms with Crippen molar-refractivity contribution in [1.82, 2.24) is 10.2 Å². The molecular formula is C13H16N2O2. The SMILES string of the molecule is O=C1C2=C(CCC=C2)C(=O)N1C1CCCNC1. The molecule has 2 heterocycles. The number of imide groups is 1. The van der Waals surface area contributed by atoms with Gasteiger partial charge in [-0.25, -0.2) is 0 Å². The van der Waals surface area contributed by atoms with Crippen molar-refractivity contribution >= 4 is 11.8 Å². The van der Waals surface area contributed by atoms with Crippen LogP contribution in [-0.4, -0.2) is 35.8 Å². The molecule has 1 atom stereocenters. The molecule has 4 heteroatoms. The third-order valence-corrected chi connectivity index (χ3v) is 3.73. The molecule has 2 amide bonds. The minimum Gasteiger partial charge on any atom is -0.315 e. The van der Waals surface area contributed by atoms with Gasteiger partial charge in [0.05, 0.1) is 6.04 Å². The number of rotatable bonds is 1. The lowest BCUT2D eigenvalue weighted by atomic mass is 10.00. The Balaban J connectivity index is 1.87. The molecule has 2 aliphatic heterocycles. The highest BCUT2D eigenvalue weighted by Crippen LogP contribution is 2.31. The molecule has 0 aromatic carbocycles. The fourth-order valence-electron chi connectivity index (χ4n) is 2.84. The first-order chi connectivity index (χ1) is 8.29. The van der Waals surface area contributed by atoms with Crippen LogP contribution in [-0.2, 0) is 9.59 Å². The summed E-state index contributed by atoms with van der Waals surface area (Å²) < 4.78 is 0. The second-order valence-corrected chi connectivity index (χ2v) is 4.81. The lowest BCUT2D eigenvalue weighted by Crippen LogP contribution is -2.49. The van der Waals surface area contributed by atoms with E-state index < -0.39 is 0 Å². The Labute approximate surface area is 100 Å². The Morgan fingerprint density at radius 1 is 1.29 bits per heavy atom. The number of hydrogen-bond donors (Lipinski definition) is 1. The van der Waals surface area contributed by atoms with E-state index >= 15 is 0 Å². The topological polar surface area (TPSA) is 49.4 Å². The fourth-order valence-corrected chi connectivity index (χ4v) is 2.84. The first-order valence-corrected chi connectivity index (χ1v) is 6.27. The van der Waals surface area contributed by atoms with Crippen molar-refractivity contribution in [3.8, 4) is 0 Å². The van der Waals surface area contributed by atoms with E-state index in [-0.39, 0.29) is 17.9 Å². The summed E-state index contributed by atoms with van der Waals surface area (Å²) in [6.45, 7) is 1.72. The zero-order valence-electron chi connectivity index (χ0n) is 9.74. The van der Waals surface area contributed by atoms with E-state index in [0.29, 0.717) is 12.0 Å². The second-order valence-electron chi connectivity index (χ2n) is 4.81. The average Bonchev–Trinajstić information content (AvgIpc) is 2.64. The van der Waals surface area contributed by atoms with Crippen LogP contribution in [0.2, 0.25) is 0 Å². The summed E-state index contributed by atoms with van der Waals surface area (Å²) in [7, 11) is 0. The zero-order valence-corrected chi connectivity index (χ0v) is 9.74. The van der Waals surface area contributed by atoms with Crippen molar-refractivity contribution in [2.45, 2.75) is 31.7 Å². The predicted octanol–water partition coefficient (Wildman–Crippen LogP) is 0.754. The van der Waals surface area contributed by atoms with E-state index in [1.54, 1.807) is 0 Å². The van der Waals surface area contributed by atoms with Crippen molar-refractivity contribution in [3.63, 3.8) is 0 Å². The van der Waals surface area contributed by atoms with Gasteiger partial charge in [-0.05, 0) is 32.2 Å². The summed E-state index contributed by atoms with van der Waals surface area (Å²) >= 11 is 0. The lowest BCUT2D eigenvalue weighted by molar-refractivity contribution is -0.140. The normalized spacial score (nSPS) is 28.9. The van der Waals surface area contributed by atoms with Gasteiger partial charge in [-0.15, -0.1) is 0 Å². The van der Waals surface area contributed by atoms with Crippen molar-refractivity contribution in [2.24, 2.45) is 0 Å². The summed E-state index contributed by atoms with van der Waals surface area (Å²) in [6, 6.07) is 0.0442. The van der Waals surface area contributed by atoms with Crippen LogP contribution >= 0.6 is 0 Å². The van der Waals surface area contributed by atoms with Crippen LogP contribution in [0.25, 0.3) is 0 Å². The number of piperidine rings is 1. The molecule has 17 heavy (non-hydrogen) atoms. The molecule has 0 aromatic rings. The Hall–Kier alpha value is -1.42. The molecular weight excluding hydrogens is 216 g/mol. The largest absolute Gasteiger partial charge is 0.315 e. The van der Waals surface area contributed by atoms with Crippen LogP contribution in [0.15, 0.2) is 23.3 Å². The Bertz CT molecular complexity index is 431. The molecule has 90 valence electrons. The lowest BCUT2D eigenvalue weighted by Gasteiger charge is -2.30. The van der Waals surface area contributed by atoms with Gasteiger partial charge < -0.3 is 5.32 Å². The number of carbonyl (C=O) groups is 2. The first kappa shape index (κ1) is 10.7. The van der Waals surface area contributed by atoms with Crippen molar-refractivity contribution in [1.29, 1.82) is 0 Å². The monoisotopic (exact) mass is 232 g/mol. The zero-order chi connectivity index (χ0) is 11.8. The molecule has 3 aliphatic rings. The van der Waals surface area contributed by atoms with Crippen LogP contribution in [0.1, 0.15) is 25.7 Å². The van der Waals surface area contributed by atoms with Crippen molar-refractivity contribution in [2.75, 3.05) is 13.1 Å². The van der Waals surface area contributed by atoms with Gasteiger partial charge in [0.25, 0.3) is 11.8 Å². The quantitative estimate of drug-likeness (QED) is 0.679. The maximum absolute atomic E-state index is 12.2.